The van der Waals surface area contributed by atoms with Crippen LogP contribution >= 0.6 is 0 Å². The number of fused-ring (bicyclic) bond motifs is 1. The van der Waals surface area contributed by atoms with Crippen molar-refractivity contribution in [1.82, 2.24) is 9.80 Å². The normalized spacial score (nSPS) is 19.8. The summed E-state index contributed by atoms with van der Waals surface area (Å²) in [5, 5.41) is 0. The number of ether oxygens (including phenoxy) is 4. The van der Waals surface area contributed by atoms with Gasteiger partial charge in [-0.25, -0.2) is 0 Å². The van der Waals surface area contributed by atoms with E-state index in [-0.39, 0.29) is 17.7 Å². The lowest BCUT2D eigenvalue weighted by molar-refractivity contribution is -0.142. The Kier molecular flexibility index (Phi) is 6.42. The van der Waals surface area contributed by atoms with Crippen molar-refractivity contribution < 1.29 is 28.5 Å². The number of morpholine rings is 1. The molecule has 3 aliphatic rings. The van der Waals surface area contributed by atoms with Crippen molar-refractivity contribution in [2.45, 2.75) is 12.8 Å². The van der Waals surface area contributed by atoms with Crippen LogP contribution in [0.25, 0.3) is 6.08 Å². The summed E-state index contributed by atoms with van der Waals surface area (Å²) in [5.41, 5.74) is 0.807. The molecule has 0 atom stereocenters. The van der Waals surface area contributed by atoms with Crippen molar-refractivity contribution in [2.24, 2.45) is 5.92 Å². The molecule has 0 spiro atoms. The van der Waals surface area contributed by atoms with Crippen LogP contribution < -0.4 is 14.2 Å². The molecular formula is C22H28N2O6. The van der Waals surface area contributed by atoms with Crippen LogP contribution in [0, 0.1) is 5.92 Å². The van der Waals surface area contributed by atoms with Gasteiger partial charge in [-0.05, 0) is 36.6 Å². The predicted molar refractivity (Wildman–Crippen MR) is 110 cm³/mol. The first-order valence-electron chi connectivity index (χ1n) is 10.5. The molecule has 0 saturated carbocycles. The van der Waals surface area contributed by atoms with Gasteiger partial charge in [0.25, 0.3) is 0 Å². The molecule has 8 heteroatoms. The summed E-state index contributed by atoms with van der Waals surface area (Å²) >= 11 is 0. The number of nitrogens with zero attached hydrogens (tertiary/aromatic N) is 2. The van der Waals surface area contributed by atoms with Crippen molar-refractivity contribution in [3.8, 4) is 17.2 Å². The van der Waals surface area contributed by atoms with E-state index in [1.807, 2.05) is 17.0 Å². The van der Waals surface area contributed by atoms with Gasteiger partial charge in [0.2, 0.25) is 17.6 Å². The standard InChI is InChI=1S/C22H28N2O6/c1-27-18-14-16(15-19-21(18)30-13-12-29-19)2-3-20(25)23-6-4-17(5-7-23)22(26)24-8-10-28-11-9-24/h2-3,14-15,17H,4-13H2,1H3. The molecule has 2 fully saturated rings. The lowest BCUT2D eigenvalue weighted by Crippen LogP contribution is -2.47. The fourth-order valence-corrected chi connectivity index (χ4v) is 4.05. The van der Waals surface area contributed by atoms with Crippen molar-refractivity contribution in [1.29, 1.82) is 0 Å². The number of methoxy groups -OCH3 is 1. The third-order valence-electron chi connectivity index (χ3n) is 5.75. The van der Waals surface area contributed by atoms with Crippen molar-refractivity contribution in [3.05, 3.63) is 23.8 Å². The number of hydrogen-bond acceptors (Lipinski definition) is 6. The van der Waals surface area contributed by atoms with Gasteiger partial charge in [-0.3, -0.25) is 9.59 Å². The highest BCUT2D eigenvalue weighted by Crippen LogP contribution is 2.40. The number of rotatable bonds is 4. The average Bonchev–Trinajstić information content (AvgIpc) is 2.82. The molecule has 30 heavy (non-hydrogen) atoms. The molecule has 4 rings (SSSR count). The van der Waals surface area contributed by atoms with E-state index in [2.05, 4.69) is 0 Å². The summed E-state index contributed by atoms with van der Waals surface area (Å²) in [6.07, 6.45) is 4.73. The van der Waals surface area contributed by atoms with E-state index in [1.165, 1.54) is 0 Å². The summed E-state index contributed by atoms with van der Waals surface area (Å²) in [6.45, 7) is 4.71. The Morgan fingerprint density at radius 2 is 1.73 bits per heavy atom. The molecule has 0 aliphatic carbocycles. The number of hydrogen-bond donors (Lipinski definition) is 0. The lowest BCUT2D eigenvalue weighted by atomic mass is 9.95. The number of likely N-dealkylation sites (tertiary alicyclic amines) is 1. The molecular weight excluding hydrogens is 388 g/mol. The molecule has 0 aromatic heterocycles. The monoisotopic (exact) mass is 416 g/mol. The maximum atomic E-state index is 12.6. The number of piperidine rings is 1. The fraction of sp³-hybridized carbons (Fsp3) is 0.545. The largest absolute Gasteiger partial charge is 0.493 e. The van der Waals surface area contributed by atoms with Crippen molar-refractivity contribution in [3.63, 3.8) is 0 Å². The second kappa shape index (κ2) is 9.38. The maximum Gasteiger partial charge on any atom is 0.246 e. The Balaban J connectivity index is 1.33. The number of benzene rings is 1. The topological polar surface area (TPSA) is 77.5 Å². The molecule has 3 heterocycles. The zero-order chi connectivity index (χ0) is 20.9. The highest BCUT2D eigenvalue weighted by molar-refractivity contribution is 5.92. The molecule has 2 amide bonds. The van der Waals surface area contributed by atoms with Gasteiger partial charge in [0.1, 0.15) is 13.2 Å². The summed E-state index contributed by atoms with van der Waals surface area (Å²) in [4.78, 5) is 29.0. The molecule has 1 aromatic rings. The third kappa shape index (κ3) is 4.53. The molecule has 0 radical (unpaired) electrons. The maximum absolute atomic E-state index is 12.6. The van der Waals surface area contributed by atoms with Crippen LogP contribution in [0.5, 0.6) is 17.2 Å². The number of carbonyl (C=O) groups is 2. The lowest BCUT2D eigenvalue weighted by Gasteiger charge is -2.35. The molecule has 1 aromatic carbocycles. The summed E-state index contributed by atoms with van der Waals surface area (Å²) in [5.74, 6) is 1.94. The summed E-state index contributed by atoms with van der Waals surface area (Å²) < 4.78 is 21.9. The van der Waals surface area contributed by atoms with Crippen LogP contribution in [-0.2, 0) is 14.3 Å². The number of carbonyl (C=O) groups excluding carboxylic acids is 2. The van der Waals surface area contributed by atoms with E-state index < -0.39 is 0 Å². The van der Waals surface area contributed by atoms with Crippen molar-refractivity contribution in [2.75, 3.05) is 59.7 Å². The molecule has 8 nitrogen and oxygen atoms in total. The fourth-order valence-electron chi connectivity index (χ4n) is 4.05. The van der Waals surface area contributed by atoms with E-state index >= 15 is 0 Å². The van der Waals surface area contributed by atoms with Crippen LogP contribution in [0.4, 0.5) is 0 Å². The SMILES string of the molecule is COc1cc(C=CC(=O)N2CCC(C(=O)N3CCOCC3)CC2)cc2c1OCCO2. The second-order valence-corrected chi connectivity index (χ2v) is 7.62. The van der Waals surface area contributed by atoms with E-state index in [0.717, 1.165) is 5.56 Å². The molecule has 162 valence electrons. The number of amides is 2. The Bertz CT molecular complexity index is 793. The van der Waals surface area contributed by atoms with E-state index in [4.69, 9.17) is 18.9 Å². The molecule has 0 bridgehead atoms. The Hall–Kier alpha value is -2.74. The molecule has 0 unspecified atom stereocenters. The van der Waals surface area contributed by atoms with E-state index in [0.29, 0.717) is 82.7 Å². The van der Waals surface area contributed by atoms with E-state index in [1.54, 1.807) is 24.2 Å². The van der Waals surface area contributed by atoms with Crippen LogP contribution in [0.2, 0.25) is 0 Å². The van der Waals surface area contributed by atoms with Gasteiger partial charge < -0.3 is 28.7 Å². The van der Waals surface area contributed by atoms with Crippen molar-refractivity contribution >= 4 is 17.9 Å². The van der Waals surface area contributed by atoms with Gasteiger partial charge in [0.15, 0.2) is 11.5 Å². The minimum Gasteiger partial charge on any atom is -0.493 e. The van der Waals surface area contributed by atoms with Gasteiger partial charge in [0, 0.05) is 38.2 Å². The van der Waals surface area contributed by atoms with Crippen LogP contribution in [0.1, 0.15) is 18.4 Å². The quantitative estimate of drug-likeness (QED) is 0.694. The minimum absolute atomic E-state index is 0.00168. The first kappa shape index (κ1) is 20.5. The van der Waals surface area contributed by atoms with Gasteiger partial charge in [-0.2, -0.15) is 0 Å². The van der Waals surface area contributed by atoms with Crippen LogP contribution in [0.15, 0.2) is 18.2 Å². The average molecular weight is 416 g/mol. The highest BCUT2D eigenvalue weighted by atomic mass is 16.6. The smallest absolute Gasteiger partial charge is 0.246 e. The van der Waals surface area contributed by atoms with Gasteiger partial charge >= 0.3 is 0 Å². The van der Waals surface area contributed by atoms with E-state index in [9.17, 15) is 9.59 Å². The van der Waals surface area contributed by atoms with Gasteiger partial charge in [-0.1, -0.05) is 0 Å². The van der Waals surface area contributed by atoms with Gasteiger partial charge in [0.05, 0.1) is 20.3 Å². The van der Waals surface area contributed by atoms with Gasteiger partial charge in [-0.15, -0.1) is 0 Å². The summed E-state index contributed by atoms with van der Waals surface area (Å²) in [6, 6.07) is 3.67. The third-order valence-corrected chi connectivity index (χ3v) is 5.75. The Morgan fingerprint density at radius 1 is 1.00 bits per heavy atom. The highest BCUT2D eigenvalue weighted by Gasteiger charge is 2.30. The molecule has 0 N–H and O–H groups in total. The molecule has 2 saturated heterocycles. The second-order valence-electron chi connectivity index (χ2n) is 7.62. The van der Waals surface area contributed by atoms with Crippen LogP contribution in [0.3, 0.4) is 0 Å². The minimum atomic E-state index is -0.0545. The Labute approximate surface area is 176 Å². The zero-order valence-corrected chi connectivity index (χ0v) is 17.3. The zero-order valence-electron chi connectivity index (χ0n) is 17.3. The first-order valence-corrected chi connectivity index (χ1v) is 10.5. The molecule has 3 aliphatic heterocycles. The Morgan fingerprint density at radius 3 is 2.47 bits per heavy atom. The first-order chi connectivity index (χ1) is 14.7. The predicted octanol–water partition coefficient (Wildman–Crippen LogP) is 1.58. The van der Waals surface area contributed by atoms with Crippen LogP contribution in [-0.4, -0.2) is 81.3 Å². The summed E-state index contributed by atoms with van der Waals surface area (Å²) in [7, 11) is 1.58.